The van der Waals surface area contributed by atoms with Crippen LogP contribution in [0, 0.1) is 0 Å². The van der Waals surface area contributed by atoms with E-state index in [1.807, 2.05) is 66.9 Å². The summed E-state index contributed by atoms with van der Waals surface area (Å²) >= 11 is 6.25. The highest BCUT2D eigenvalue weighted by atomic mass is 35.5. The van der Waals surface area contributed by atoms with Gasteiger partial charge in [0.1, 0.15) is 35.5 Å². The Hall–Kier alpha value is -4.88. The number of ether oxygens (including phenoxy) is 2. The summed E-state index contributed by atoms with van der Waals surface area (Å²) in [6.45, 7) is 9.71. The first-order chi connectivity index (χ1) is 25.0. The first-order valence-corrected chi connectivity index (χ1v) is 18.1. The van der Waals surface area contributed by atoms with Crippen molar-refractivity contribution in [1.29, 1.82) is 0 Å². The molecule has 0 bridgehead atoms. The molecule has 0 saturated carbocycles. The molecule has 3 amide bonds. The number of piperazine rings is 1. The van der Waals surface area contributed by atoms with E-state index < -0.39 is 17.2 Å². The van der Waals surface area contributed by atoms with Gasteiger partial charge in [-0.25, -0.2) is 19.6 Å². The predicted octanol–water partition coefficient (Wildman–Crippen LogP) is 5.68. The van der Waals surface area contributed by atoms with E-state index in [0.29, 0.717) is 70.1 Å². The summed E-state index contributed by atoms with van der Waals surface area (Å²) in [6, 6.07) is 18.7. The molecule has 2 aliphatic heterocycles. The number of nitrogens with zero attached hydrogens (tertiary/aromatic N) is 5. The quantitative estimate of drug-likeness (QED) is 0.188. The average Bonchev–Trinajstić information content (AvgIpc) is 3.62. The summed E-state index contributed by atoms with van der Waals surface area (Å²) < 4.78 is 11.2. The number of halogens is 1. The Labute approximate surface area is 309 Å². The van der Waals surface area contributed by atoms with Crippen molar-refractivity contribution < 1.29 is 23.9 Å². The number of fused-ring (bicyclic) bond motifs is 1. The third-order valence-electron chi connectivity index (χ3n) is 9.57. The maximum Gasteiger partial charge on any atom is 0.410 e. The SMILES string of the molecule is CC(C)(C)OC(=O)NC1(C(=O)N[C@@H](CCN2CCN(C(=O)OCc3ccccc3)CC2)c2ccc(Cl)cc2)CCN(c2ncnc3[nH]ccc23)CC1. The van der Waals surface area contributed by atoms with Crippen LogP contribution in [-0.2, 0) is 20.9 Å². The zero-order valence-electron chi connectivity index (χ0n) is 29.9. The Morgan fingerprint density at radius 2 is 1.65 bits per heavy atom. The number of hydrogen-bond donors (Lipinski definition) is 3. The minimum Gasteiger partial charge on any atom is -0.445 e. The van der Waals surface area contributed by atoms with E-state index in [-0.39, 0.29) is 24.6 Å². The second-order valence-corrected chi connectivity index (χ2v) is 14.8. The van der Waals surface area contributed by atoms with Crippen molar-refractivity contribution in [2.45, 2.75) is 63.8 Å². The van der Waals surface area contributed by atoms with Crippen LogP contribution in [0.1, 0.15) is 57.2 Å². The number of carbonyl (C=O) groups is 3. The number of H-pyrrole nitrogens is 1. The number of amides is 3. The van der Waals surface area contributed by atoms with E-state index in [4.69, 9.17) is 21.1 Å². The van der Waals surface area contributed by atoms with E-state index >= 15 is 0 Å². The van der Waals surface area contributed by atoms with Crippen molar-refractivity contribution in [2.75, 3.05) is 50.7 Å². The van der Waals surface area contributed by atoms with Crippen LogP contribution in [0.15, 0.2) is 73.2 Å². The summed E-state index contributed by atoms with van der Waals surface area (Å²) in [7, 11) is 0. The van der Waals surface area contributed by atoms with Crippen molar-refractivity contribution in [3.05, 3.63) is 89.3 Å². The first kappa shape index (κ1) is 36.9. The Balaban J connectivity index is 1.12. The third kappa shape index (κ3) is 9.31. The van der Waals surface area contributed by atoms with Gasteiger partial charge in [0.15, 0.2) is 0 Å². The first-order valence-electron chi connectivity index (χ1n) is 17.8. The van der Waals surface area contributed by atoms with Gasteiger partial charge in [-0.05, 0) is 69.4 Å². The van der Waals surface area contributed by atoms with Crippen molar-refractivity contribution in [2.24, 2.45) is 0 Å². The lowest BCUT2D eigenvalue weighted by Gasteiger charge is -2.42. The molecule has 2 aliphatic rings. The smallest absolute Gasteiger partial charge is 0.410 e. The number of alkyl carbamates (subject to hydrolysis) is 1. The van der Waals surface area contributed by atoms with E-state index in [2.05, 4.69) is 35.4 Å². The minimum absolute atomic E-state index is 0.238. The van der Waals surface area contributed by atoms with Crippen LogP contribution in [0.25, 0.3) is 11.0 Å². The molecular formula is C38H47ClN8O5. The van der Waals surface area contributed by atoms with Crippen LogP contribution in [0.3, 0.4) is 0 Å². The Bertz CT molecular complexity index is 1810. The summed E-state index contributed by atoms with van der Waals surface area (Å²) in [5.41, 5.74) is 0.627. The second-order valence-electron chi connectivity index (χ2n) is 14.4. The monoisotopic (exact) mass is 730 g/mol. The largest absolute Gasteiger partial charge is 0.445 e. The van der Waals surface area contributed by atoms with Crippen LogP contribution in [-0.4, -0.2) is 99.8 Å². The molecule has 4 heterocycles. The fraction of sp³-hybridized carbons (Fsp3) is 0.447. The summed E-state index contributed by atoms with van der Waals surface area (Å²) in [5, 5.41) is 7.77. The van der Waals surface area contributed by atoms with Crippen molar-refractivity contribution in [3.63, 3.8) is 0 Å². The molecule has 52 heavy (non-hydrogen) atoms. The summed E-state index contributed by atoms with van der Waals surface area (Å²) in [4.78, 5) is 58.6. The van der Waals surface area contributed by atoms with E-state index in [9.17, 15) is 14.4 Å². The van der Waals surface area contributed by atoms with Gasteiger partial charge in [-0.15, -0.1) is 0 Å². The molecule has 14 heteroatoms. The van der Waals surface area contributed by atoms with Gasteiger partial charge in [0.25, 0.3) is 0 Å². The van der Waals surface area contributed by atoms with Gasteiger partial charge in [0.2, 0.25) is 5.91 Å². The fourth-order valence-corrected chi connectivity index (χ4v) is 6.83. The van der Waals surface area contributed by atoms with Gasteiger partial charge in [0, 0.05) is 57.0 Å². The van der Waals surface area contributed by atoms with Crippen LogP contribution in [0.5, 0.6) is 0 Å². The second kappa shape index (κ2) is 16.2. The Kier molecular flexibility index (Phi) is 11.5. The van der Waals surface area contributed by atoms with Gasteiger partial charge in [-0.2, -0.15) is 0 Å². The van der Waals surface area contributed by atoms with Crippen molar-refractivity contribution in [1.82, 2.24) is 35.4 Å². The van der Waals surface area contributed by atoms with E-state index in [0.717, 1.165) is 28.0 Å². The van der Waals surface area contributed by atoms with Gasteiger partial charge in [-0.3, -0.25) is 9.69 Å². The number of rotatable bonds is 10. The highest BCUT2D eigenvalue weighted by Crippen LogP contribution is 2.31. The van der Waals surface area contributed by atoms with Crippen LogP contribution >= 0.6 is 11.6 Å². The van der Waals surface area contributed by atoms with Gasteiger partial charge in [-0.1, -0.05) is 54.1 Å². The standard InChI is InChI=1S/C38H47ClN8O5/c1-37(2,3)52-35(49)44-38(15-19-46(20-16-38)33-30-13-17-40-32(30)41-26-42-33)34(48)43-31(28-9-11-29(39)12-10-28)14-18-45-21-23-47(24-22-45)36(50)51-25-27-7-5-4-6-8-27/h4-13,17,26,31H,14-16,18-25H2,1-3H3,(H,43,48)(H,44,49)(H,40,41,42)/t31-/m0/s1. The fourth-order valence-electron chi connectivity index (χ4n) is 6.71. The zero-order valence-corrected chi connectivity index (χ0v) is 30.7. The number of carbonyl (C=O) groups excluding carboxylic acids is 3. The number of benzene rings is 2. The lowest BCUT2D eigenvalue weighted by molar-refractivity contribution is -0.129. The number of anilines is 1. The molecule has 2 fully saturated rings. The Morgan fingerprint density at radius 1 is 0.942 bits per heavy atom. The molecule has 0 spiro atoms. The van der Waals surface area contributed by atoms with Gasteiger partial charge in [0.05, 0.1) is 11.4 Å². The van der Waals surface area contributed by atoms with Crippen LogP contribution in [0.2, 0.25) is 5.02 Å². The molecule has 4 aromatic rings. The average molecular weight is 731 g/mol. The Morgan fingerprint density at radius 3 is 2.35 bits per heavy atom. The molecule has 1 atom stereocenters. The summed E-state index contributed by atoms with van der Waals surface area (Å²) in [5.74, 6) is 0.500. The van der Waals surface area contributed by atoms with E-state index in [1.54, 1.807) is 25.7 Å². The molecule has 0 radical (unpaired) electrons. The molecule has 0 aliphatic carbocycles. The molecule has 276 valence electrons. The maximum atomic E-state index is 14.5. The highest BCUT2D eigenvalue weighted by Gasteiger charge is 2.45. The number of piperidine rings is 1. The molecule has 6 rings (SSSR count). The topological polar surface area (TPSA) is 145 Å². The van der Waals surface area contributed by atoms with Gasteiger partial charge >= 0.3 is 12.2 Å². The molecule has 2 aromatic carbocycles. The molecule has 2 aromatic heterocycles. The van der Waals surface area contributed by atoms with E-state index in [1.165, 1.54) is 6.33 Å². The normalized spacial score (nSPS) is 17.0. The van der Waals surface area contributed by atoms with Crippen LogP contribution in [0.4, 0.5) is 15.4 Å². The van der Waals surface area contributed by atoms with Gasteiger partial charge < -0.3 is 34.9 Å². The minimum atomic E-state index is -1.22. The zero-order chi connectivity index (χ0) is 36.7. The molecule has 13 nitrogen and oxygen atoms in total. The number of aromatic amines is 1. The molecule has 0 unspecified atom stereocenters. The lowest BCUT2D eigenvalue weighted by atomic mass is 9.85. The molecule has 2 saturated heterocycles. The molecule has 3 N–H and O–H groups in total. The number of hydrogen-bond acceptors (Lipinski definition) is 9. The lowest BCUT2D eigenvalue weighted by Crippen LogP contribution is -2.64. The van der Waals surface area contributed by atoms with Crippen molar-refractivity contribution in [3.8, 4) is 0 Å². The third-order valence-corrected chi connectivity index (χ3v) is 9.82. The molecular weight excluding hydrogens is 684 g/mol. The highest BCUT2D eigenvalue weighted by molar-refractivity contribution is 6.30. The predicted molar refractivity (Wildman–Crippen MR) is 199 cm³/mol. The number of nitrogens with one attached hydrogen (secondary N) is 3. The summed E-state index contributed by atoms with van der Waals surface area (Å²) in [6.07, 6.45) is 3.66. The maximum absolute atomic E-state index is 14.5. The van der Waals surface area contributed by atoms with Crippen LogP contribution < -0.4 is 15.5 Å². The number of aromatic nitrogens is 3. The van der Waals surface area contributed by atoms with Crippen molar-refractivity contribution >= 4 is 46.5 Å².